The molecule has 0 spiro atoms. The molecule has 2 saturated carbocycles. The Morgan fingerprint density at radius 3 is 2.36 bits per heavy atom. The second-order valence-electron chi connectivity index (χ2n) is 9.21. The molecule has 3 unspecified atom stereocenters. The van der Waals surface area contributed by atoms with E-state index < -0.39 is 0 Å². The van der Waals surface area contributed by atoms with Gasteiger partial charge in [-0.05, 0) is 44.7 Å². The monoisotopic (exact) mass is 311 g/mol. The SMILES string of the molecule is CN(C)CC[N+](C)(C)CC(=O)OC1CC2CCC1(C)C2(C)C. The van der Waals surface area contributed by atoms with Gasteiger partial charge in [0.15, 0.2) is 6.54 Å². The summed E-state index contributed by atoms with van der Waals surface area (Å²) in [6.07, 6.45) is 3.66. The van der Waals surface area contributed by atoms with E-state index in [-0.39, 0.29) is 17.5 Å². The molecule has 0 saturated heterocycles. The third-order valence-electron chi connectivity index (χ3n) is 6.70. The Morgan fingerprint density at radius 1 is 1.27 bits per heavy atom. The minimum atomic E-state index is -0.0293. The first-order valence-corrected chi connectivity index (χ1v) is 8.64. The summed E-state index contributed by atoms with van der Waals surface area (Å²) in [4.78, 5) is 14.6. The predicted octanol–water partition coefficient (Wildman–Crippen LogP) is 2.38. The number of carbonyl (C=O) groups excluding carboxylic acids is 1. The van der Waals surface area contributed by atoms with Gasteiger partial charge in [0.2, 0.25) is 0 Å². The molecular weight excluding hydrogens is 276 g/mol. The second-order valence-corrected chi connectivity index (χ2v) is 9.21. The predicted molar refractivity (Wildman–Crippen MR) is 89.5 cm³/mol. The lowest BCUT2D eigenvalue weighted by Gasteiger charge is -2.39. The van der Waals surface area contributed by atoms with Gasteiger partial charge in [0.05, 0.1) is 20.6 Å². The average molecular weight is 311 g/mol. The number of quaternary nitrogens is 1. The number of fused-ring (bicyclic) bond motifs is 2. The number of likely N-dealkylation sites (N-methyl/N-ethyl adjacent to an activating group) is 2. The zero-order chi connectivity index (χ0) is 16.8. The Kier molecular flexibility index (Phi) is 4.67. The first kappa shape index (κ1) is 17.7. The average Bonchev–Trinajstić information content (AvgIpc) is 2.69. The van der Waals surface area contributed by atoms with Gasteiger partial charge in [0.25, 0.3) is 0 Å². The molecule has 0 aliphatic heterocycles. The maximum atomic E-state index is 12.4. The van der Waals surface area contributed by atoms with Gasteiger partial charge in [0, 0.05) is 12.0 Å². The van der Waals surface area contributed by atoms with Crippen molar-refractivity contribution in [2.75, 3.05) is 47.8 Å². The summed E-state index contributed by atoms with van der Waals surface area (Å²) in [5, 5.41) is 0. The van der Waals surface area contributed by atoms with E-state index in [9.17, 15) is 4.79 Å². The molecule has 4 nitrogen and oxygen atoms in total. The second kappa shape index (κ2) is 5.79. The van der Waals surface area contributed by atoms with Crippen LogP contribution in [0.4, 0.5) is 0 Å². The minimum absolute atomic E-state index is 0.0293. The number of ether oxygens (including phenoxy) is 1. The number of hydrogen-bond acceptors (Lipinski definition) is 3. The Morgan fingerprint density at radius 2 is 1.91 bits per heavy atom. The van der Waals surface area contributed by atoms with Crippen molar-refractivity contribution in [2.24, 2.45) is 16.7 Å². The van der Waals surface area contributed by atoms with Gasteiger partial charge in [-0.3, -0.25) is 0 Å². The van der Waals surface area contributed by atoms with Gasteiger partial charge >= 0.3 is 5.97 Å². The molecule has 22 heavy (non-hydrogen) atoms. The van der Waals surface area contributed by atoms with Crippen molar-refractivity contribution in [2.45, 2.75) is 46.1 Å². The van der Waals surface area contributed by atoms with E-state index in [1.54, 1.807) is 0 Å². The highest BCUT2D eigenvalue weighted by atomic mass is 16.5. The van der Waals surface area contributed by atoms with Gasteiger partial charge in [0.1, 0.15) is 6.10 Å². The van der Waals surface area contributed by atoms with Crippen molar-refractivity contribution in [3.05, 3.63) is 0 Å². The van der Waals surface area contributed by atoms with Crippen LogP contribution in [0.1, 0.15) is 40.0 Å². The maximum absolute atomic E-state index is 12.4. The van der Waals surface area contributed by atoms with E-state index in [4.69, 9.17) is 4.74 Å². The molecule has 2 aliphatic rings. The fraction of sp³-hybridized carbons (Fsp3) is 0.944. The van der Waals surface area contributed by atoms with Crippen molar-refractivity contribution in [1.82, 2.24) is 4.90 Å². The molecule has 2 rings (SSSR count). The van der Waals surface area contributed by atoms with Gasteiger partial charge < -0.3 is 14.1 Å². The number of nitrogens with zero attached hydrogens (tertiary/aromatic N) is 2. The molecule has 0 aromatic rings. The molecule has 0 N–H and O–H groups in total. The van der Waals surface area contributed by atoms with E-state index in [0.717, 1.165) is 19.5 Å². The molecule has 2 aliphatic carbocycles. The number of carbonyl (C=O) groups is 1. The Balaban J connectivity index is 1.91. The molecule has 0 heterocycles. The number of hydrogen-bond donors (Lipinski definition) is 0. The Bertz CT molecular complexity index is 431. The van der Waals surface area contributed by atoms with Crippen LogP contribution in [0.15, 0.2) is 0 Å². The fourth-order valence-electron chi connectivity index (χ4n) is 4.40. The molecule has 4 heteroatoms. The highest BCUT2D eigenvalue weighted by Gasteiger charge is 2.62. The van der Waals surface area contributed by atoms with Gasteiger partial charge in [-0.1, -0.05) is 20.8 Å². The lowest BCUT2D eigenvalue weighted by Crippen LogP contribution is -2.49. The molecule has 0 amide bonds. The quantitative estimate of drug-likeness (QED) is 0.557. The molecule has 2 bridgehead atoms. The highest BCUT2D eigenvalue weighted by molar-refractivity contribution is 5.71. The third kappa shape index (κ3) is 3.18. The van der Waals surface area contributed by atoms with Crippen molar-refractivity contribution < 1.29 is 14.0 Å². The standard InChI is InChI=1S/C18H35N2O2/c1-17(2)14-8-9-18(17,3)15(12-14)22-16(21)13-20(6,7)11-10-19(4)5/h14-15H,8-13H2,1-7H3/q+1. The van der Waals surface area contributed by atoms with Crippen LogP contribution in [0.25, 0.3) is 0 Å². The molecule has 2 fully saturated rings. The first-order chi connectivity index (χ1) is 9.98. The topological polar surface area (TPSA) is 29.5 Å². The lowest BCUT2D eigenvalue weighted by molar-refractivity contribution is -0.882. The summed E-state index contributed by atoms with van der Waals surface area (Å²) < 4.78 is 6.65. The summed E-state index contributed by atoms with van der Waals surface area (Å²) in [6.45, 7) is 9.44. The van der Waals surface area contributed by atoms with E-state index in [1.807, 2.05) is 0 Å². The van der Waals surface area contributed by atoms with Crippen LogP contribution < -0.4 is 0 Å². The van der Waals surface area contributed by atoms with Crippen LogP contribution in [0.2, 0.25) is 0 Å². The van der Waals surface area contributed by atoms with Gasteiger partial charge in [-0.15, -0.1) is 0 Å². The van der Waals surface area contributed by atoms with Crippen LogP contribution in [-0.4, -0.2) is 69.3 Å². The van der Waals surface area contributed by atoms with Crippen LogP contribution in [0.5, 0.6) is 0 Å². The molecular formula is C18H35N2O2+. The molecule has 0 aromatic carbocycles. The van der Waals surface area contributed by atoms with E-state index in [1.165, 1.54) is 12.8 Å². The van der Waals surface area contributed by atoms with E-state index in [0.29, 0.717) is 22.4 Å². The summed E-state index contributed by atoms with van der Waals surface area (Å²) in [5.41, 5.74) is 0.460. The van der Waals surface area contributed by atoms with Crippen LogP contribution >= 0.6 is 0 Å². The zero-order valence-corrected chi connectivity index (χ0v) is 15.6. The normalized spacial score (nSPS) is 33.5. The largest absolute Gasteiger partial charge is 0.458 e. The fourth-order valence-corrected chi connectivity index (χ4v) is 4.40. The Hall–Kier alpha value is -0.610. The van der Waals surface area contributed by atoms with Crippen molar-refractivity contribution in [3.63, 3.8) is 0 Å². The van der Waals surface area contributed by atoms with E-state index >= 15 is 0 Å². The van der Waals surface area contributed by atoms with Crippen molar-refractivity contribution in [3.8, 4) is 0 Å². The highest BCUT2D eigenvalue weighted by Crippen LogP contribution is 2.66. The molecule has 3 atom stereocenters. The van der Waals surface area contributed by atoms with Crippen molar-refractivity contribution >= 4 is 5.97 Å². The summed E-state index contributed by atoms with van der Waals surface area (Å²) in [7, 11) is 8.35. The number of rotatable bonds is 6. The van der Waals surface area contributed by atoms with E-state index in [2.05, 4.69) is 53.9 Å². The van der Waals surface area contributed by atoms with Crippen molar-refractivity contribution in [1.29, 1.82) is 0 Å². The maximum Gasteiger partial charge on any atom is 0.362 e. The lowest BCUT2D eigenvalue weighted by atomic mass is 9.70. The molecule has 0 aromatic heterocycles. The van der Waals surface area contributed by atoms with Crippen LogP contribution in [-0.2, 0) is 9.53 Å². The summed E-state index contributed by atoms with van der Waals surface area (Å²) in [6, 6.07) is 0. The molecule has 0 radical (unpaired) electrons. The summed E-state index contributed by atoms with van der Waals surface area (Å²) >= 11 is 0. The van der Waals surface area contributed by atoms with Gasteiger partial charge in [-0.25, -0.2) is 4.79 Å². The first-order valence-electron chi connectivity index (χ1n) is 8.64. The summed E-state index contributed by atoms with van der Waals surface area (Å²) in [5.74, 6) is 0.685. The third-order valence-corrected chi connectivity index (χ3v) is 6.70. The van der Waals surface area contributed by atoms with Crippen LogP contribution in [0, 0.1) is 16.7 Å². The Labute approximate surface area is 136 Å². The van der Waals surface area contributed by atoms with Crippen LogP contribution in [0.3, 0.4) is 0 Å². The number of esters is 1. The smallest absolute Gasteiger partial charge is 0.362 e. The minimum Gasteiger partial charge on any atom is -0.458 e. The molecule has 128 valence electrons. The zero-order valence-electron chi connectivity index (χ0n) is 15.6. The van der Waals surface area contributed by atoms with Gasteiger partial charge in [-0.2, -0.15) is 0 Å².